The molecule has 5 rings (SSSR count). The van der Waals surface area contributed by atoms with Gasteiger partial charge in [-0.15, -0.1) is 22.0 Å². The summed E-state index contributed by atoms with van der Waals surface area (Å²) in [5.74, 6) is 2.06. The van der Waals surface area contributed by atoms with E-state index >= 15 is 0 Å². The Morgan fingerprint density at radius 1 is 1.00 bits per heavy atom. The average molecular weight is 532 g/mol. The van der Waals surface area contributed by atoms with Crippen molar-refractivity contribution in [1.82, 2.24) is 24.6 Å². The summed E-state index contributed by atoms with van der Waals surface area (Å²) in [6, 6.07) is 20.4. The van der Waals surface area contributed by atoms with E-state index in [1.165, 1.54) is 39.5 Å². The highest BCUT2D eigenvalue weighted by Gasteiger charge is 2.21. The lowest BCUT2D eigenvalue weighted by Gasteiger charge is -2.28. The van der Waals surface area contributed by atoms with Crippen molar-refractivity contribution in [3.63, 3.8) is 0 Å². The van der Waals surface area contributed by atoms with Gasteiger partial charge in [0.25, 0.3) is 0 Å². The van der Waals surface area contributed by atoms with Gasteiger partial charge in [-0.1, -0.05) is 66.4 Å². The lowest BCUT2D eigenvalue weighted by atomic mass is 10.0. The van der Waals surface area contributed by atoms with E-state index in [1.54, 1.807) is 0 Å². The number of rotatable bonds is 8. The van der Waals surface area contributed by atoms with E-state index in [9.17, 15) is 4.79 Å². The molecule has 4 aromatic rings. The van der Waals surface area contributed by atoms with Gasteiger partial charge in [-0.05, 0) is 36.1 Å². The molecule has 0 unspecified atom stereocenters. The van der Waals surface area contributed by atoms with Crippen LogP contribution in [0.3, 0.4) is 0 Å². The van der Waals surface area contributed by atoms with Gasteiger partial charge in [0.15, 0.2) is 5.82 Å². The van der Waals surface area contributed by atoms with E-state index in [2.05, 4.69) is 57.3 Å². The van der Waals surface area contributed by atoms with E-state index in [-0.39, 0.29) is 0 Å². The third-order valence-electron chi connectivity index (χ3n) is 6.49. The Kier molecular flexibility index (Phi) is 8.23. The summed E-state index contributed by atoms with van der Waals surface area (Å²) in [6.45, 7) is 5.30. The fraction of sp³-hybridized carbons (Fsp3) is 0.286. The van der Waals surface area contributed by atoms with Gasteiger partial charge in [0.2, 0.25) is 5.16 Å². The highest BCUT2D eigenvalue weighted by atomic mass is 32.2. The number of nitrogens with zero attached hydrogens (tertiary/aromatic N) is 5. The summed E-state index contributed by atoms with van der Waals surface area (Å²) in [5, 5.41) is 9.03. The van der Waals surface area contributed by atoms with Crippen LogP contribution in [0.15, 0.2) is 76.9 Å². The van der Waals surface area contributed by atoms with Crippen LogP contribution < -0.4 is 0 Å². The normalized spacial score (nSPS) is 13.4. The van der Waals surface area contributed by atoms with Crippen LogP contribution in [0.25, 0.3) is 11.4 Å². The van der Waals surface area contributed by atoms with Crippen LogP contribution in [-0.2, 0) is 23.5 Å². The average Bonchev–Trinajstić information content (AvgIpc) is 3.37. The van der Waals surface area contributed by atoms with Gasteiger partial charge < -0.3 is 4.74 Å². The molecule has 0 saturated heterocycles. The molecule has 0 aliphatic carbocycles. The number of aromatic nitrogens is 4. The summed E-state index contributed by atoms with van der Waals surface area (Å²) in [4.78, 5) is 21.0. The molecule has 1 aliphatic heterocycles. The summed E-state index contributed by atoms with van der Waals surface area (Å²) in [6.07, 6.45) is 2.47. The maximum Gasteiger partial charge on any atom is 0.421 e. The van der Waals surface area contributed by atoms with Gasteiger partial charge in [0.1, 0.15) is 0 Å². The second-order valence-electron chi connectivity index (χ2n) is 8.79. The number of thioether (sulfide) groups is 2. The number of carbonyl (C=O) groups excluding carboxylic acids is 1. The molecule has 0 amide bonds. The Balaban J connectivity index is 1.23. The Bertz CT molecular complexity index is 1380. The van der Waals surface area contributed by atoms with Crippen molar-refractivity contribution in [3.05, 3.63) is 89.2 Å². The number of carbonyl (C=O) groups is 1. The molecule has 0 N–H and O–H groups in total. The van der Waals surface area contributed by atoms with Crippen molar-refractivity contribution in [2.45, 2.75) is 35.7 Å². The predicted molar refractivity (Wildman–Crippen MR) is 148 cm³/mol. The molecule has 0 saturated carbocycles. The molecule has 3 heterocycles. The van der Waals surface area contributed by atoms with Crippen LogP contribution in [0.5, 0.6) is 0 Å². The SMILES string of the molecule is COC(=O)n1c(SCc2nccc(SCCN3CCc4ccccc4C3)c2C)nnc1-c1ccccc1. The lowest BCUT2D eigenvalue weighted by molar-refractivity contribution is 0.171. The van der Waals surface area contributed by atoms with E-state index in [0.29, 0.717) is 16.7 Å². The lowest BCUT2D eigenvalue weighted by Crippen LogP contribution is -2.32. The second-order valence-corrected chi connectivity index (χ2v) is 10.9. The largest absolute Gasteiger partial charge is 0.452 e. The predicted octanol–water partition coefficient (Wildman–Crippen LogP) is 5.71. The molecule has 0 bridgehead atoms. The van der Waals surface area contributed by atoms with Crippen molar-refractivity contribution in [2.24, 2.45) is 0 Å². The van der Waals surface area contributed by atoms with Gasteiger partial charge in [-0.3, -0.25) is 9.88 Å². The zero-order chi connectivity index (χ0) is 25.6. The minimum Gasteiger partial charge on any atom is -0.452 e. The summed E-state index contributed by atoms with van der Waals surface area (Å²) >= 11 is 3.30. The Hall–Kier alpha value is -3.14. The molecule has 0 fully saturated rings. The minimum absolute atomic E-state index is 0.462. The first-order valence-electron chi connectivity index (χ1n) is 12.2. The second kappa shape index (κ2) is 11.9. The third-order valence-corrected chi connectivity index (χ3v) is 8.57. The number of methoxy groups -OCH3 is 1. The standard InChI is InChI=1S/C28H29N5O2S2/c1-20-24(19-37-27-31-30-26(33(27)28(34)35-2)22-9-4-3-5-10-22)29-14-12-25(20)36-17-16-32-15-13-21-8-6-7-11-23(21)18-32/h3-12,14H,13,15-19H2,1-2H3. The molecule has 190 valence electrons. The molecule has 0 atom stereocenters. The van der Waals surface area contributed by atoms with Crippen molar-refractivity contribution < 1.29 is 9.53 Å². The highest BCUT2D eigenvalue weighted by molar-refractivity contribution is 7.99. The first-order chi connectivity index (χ1) is 18.1. The van der Waals surface area contributed by atoms with Crippen molar-refractivity contribution in [2.75, 3.05) is 26.0 Å². The highest BCUT2D eigenvalue weighted by Crippen LogP contribution is 2.30. The van der Waals surface area contributed by atoms with Gasteiger partial charge in [0, 0.05) is 47.8 Å². The molecule has 37 heavy (non-hydrogen) atoms. The van der Waals surface area contributed by atoms with E-state index in [4.69, 9.17) is 4.74 Å². The van der Waals surface area contributed by atoms with E-state index < -0.39 is 6.09 Å². The molecule has 2 aromatic carbocycles. The fourth-order valence-corrected chi connectivity index (χ4v) is 6.42. The van der Waals surface area contributed by atoms with Crippen molar-refractivity contribution in [3.8, 4) is 11.4 Å². The van der Waals surface area contributed by atoms with Crippen LogP contribution in [-0.4, -0.2) is 56.7 Å². The molecular formula is C28H29N5O2S2. The number of ether oxygens (including phenoxy) is 1. The number of fused-ring (bicyclic) bond motifs is 1. The Morgan fingerprint density at radius 3 is 2.59 bits per heavy atom. The van der Waals surface area contributed by atoms with Crippen LogP contribution in [0, 0.1) is 6.92 Å². The van der Waals surface area contributed by atoms with Crippen LogP contribution >= 0.6 is 23.5 Å². The number of hydrogen-bond acceptors (Lipinski definition) is 8. The van der Waals surface area contributed by atoms with E-state index in [1.807, 2.05) is 48.3 Å². The molecule has 2 aromatic heterocycles. The quantitative estimate of drug-likeness (QED) is 0.268. The first kappa shape index (κ1) is 25.5. The number of pyridine rings is 1. The number of benzene rings is 2. The molecule has 9 heteroatoms. The topological polar surface area (TPSA) is 73.1 Å². The number of hydrogen-bond donors (Lipinski definition) is 0. The summed E-state index contributed by atoms with van der Waals surface area (Å²) in [5.41, 5.74) is 5.88. The van der Waals surface area contributed by atoms with Gasteiger partial charge in [-0.25, -0.2) is 9.36 Å². The molecule has 1 aliphatic rings. The van der Waals surface area contributed by atoms with Crippen LogP contribution in [0.4, 0.5) is 4.79 Å². The zero-order valence-electron chi connectivity index (χ0n) is 21.0. The van der Waals surface area contributed by atoms with E-state index in [0.717, 1.165) is 48.6 Å². The zero-order valence-corrected chi connectivity index (χ0v) is 22.6. The maximum atomic E-state index is 12.6. The van der Waals surface area contributed by atoms with Gasteiger partial charge in [-0.2, -0.15) is 0 Å². The van der Waals surface area contributed by atoms with Crippen LogP contribution in [0.1, 0.15) is 22.4 Å². The molecule has 0 spiro atoms. The fourth-order valence-electron chi connectivity index (χ4n) is 4.42. The molecule has 0 radical (unpaired) electrons. The van der Waals surface area contributed by atoms with Crippen molar-refractivity contribution in [1.29, 1.82) is 0 Å². The minimum atomic E-state index is -0.513. The monoisotopic (exact) mass is 531 g/mol. The smallest absolute Gasteiger partial charge is 0.421 e. The summed E-state index contributed by atoms with van der Waals surface area (Å²) < 4.78 is 6.44. The van der Waals surface area contributed by atoms with Gasteiger partial charge in [0.05, 0.1) is 12.8 Å². The summed E-state index contributed by atoms with van der Waals surface area (Å²) in [7, 11) is 1.36. The van der Waals surface area contributed by atoms with Gasteiger partial charge >= 0.3 is 6.09 Å². The van der Waals surface area contributed by atoms with Crippen molar-refractivity contribution >= 4 is 29.6 Å². The molecule has 7 nitrogen and oxygen atoms in total. The Labute approximate surface area is 225 Å². The van der Waals surface area contributed by atoms with Crippen LogP contribution in [0.2, 0.25) is 0 Å². The first-order valence-corrected chi connectivity index (χ1v) is 14.2. The Morgan fingerprint density at radius 2 is 1.78 bits per heavy atom. The third kappa shape index (κ3) is 5.89. The molecular weight excluding hydrogens is 502 g/mol. The maximum absolute atomic E-state index is 12.6.